The van der Waals surface area contributed by atoms with Crippen molar-refractivity contribution < 1.29 is 23.8 Å². The van der Waals surface area contributed by atoms with Gasteiger partial charge in [0, 0.05) is 7.11 Å². The zero-order chi connectivity index (χ0) is 13.8. The van der Waals surface area contributed by atoms with E-state index in [1.54, 1.807) is 37.3 Å². The third kappa shape index (κ3) is 3.19. The molecule has 2 rings (SSSR count). The molecule has 1 saturated heterocycles. The van der Waals surface area contributed by atoms with Gasteiger partial charge >= 0.3 is 5.97 Å². The standard InChI is InChI=1S/C14H16O5/c1-9-13(11(15)8-12(17-2)18-9)19-14(16)10-6-4-3-5-7-10/h3-7,9,12-13H,8H2,1-2H3/t9-,12+,13-/m1/s1. The summed E-state index contributed by atoms with van der Waals surface area (Å²) < 4.78 is 15.6. The number of ether oxygens (including phenoxy) is 3. The van der Waals surface area contributed by atoms with Gasteiger partial charge in [-0.1, -0.05) is 18.2 Å². The van der Waals surface area contributed by atoms with Gasteiger partial charge in [0.25, 0.3) is 0 Å². The summed E-state index contributed by atoms with van der Waals surface area (Å²) in [5.41, 5.74) is 0.413. The minimum Gasteiger partial charge on any atom is -0.448 e. The zero-order valence-corrected chi connectivity index (χ0v) is 10.9. The van der Waals surface area contributed by atoms with Gasteiger partial charge in [-0.2, -0.15) is 0 Å². The predicted octanol–water partition coefficient (Wildman–Crippen LogP) is 1.56. The third-order valence-electron chi connectivity index (χ3n) is 2.98. The molecule has 0 bridgehead atoms. The van der Waals surface area contributed by atoms with E-state index in [1.165, 1.54) is 7.11 Å². The first-order valence-corrected chi connectivity index (χ1v) is 6.09. The lowest BCUT2D eigenvalue weighted by atomic mass is 10.0. The number of hydrogen-bond donors (Lipinski definition) is 0. The van der Waals surface area contributed by atoms with Crippen LogP contribution in [0.2, 0.25) is 0 Å². The maximum atomic E-state index is 11.9. The van der Waals surface area contributed by atoms with Gasteiger partial charge in [0.05, 0.1) is 12.0 Å². The molecular formula is C14H16O5. The quantitative estimate of drug-likeness (QED) is 0.775. The van der Waals surface area contributed by atoms with Crippen LogP contribution in [0.25, 0.3) is 0 Å². The summed E-state index contributed by atoms with van der Waals surface area (Å²) in [5.74, 6) is -0.708. The highest BCUT2D eigenvalue weighted by Crippen LogP contribution is 2.20. The maximum Gasteiger partial charge on any atom is 0.338 e. The molecule has 0 saturated carbocycles. The lowest BCUT2D eigenvalue weighted by molar-refractivity contribution is -0.204. The molecule has 5 nitrogen and oxygen atoms in total. The molecule has 1 aliphatic heterocycles. The Balaban J connectivity index is 2.03. The average Bonchev–Trinajstić information content (AvgIpc) is 2.43. The Morgan fingerprint density at radius 2 is 2.00 bits per heavy atom. The van der Waals surface area contributed by atoms with Crippen LogP contribution >= 0.6 is 0 Å². The molecule has 0 spiro atoms. The molecule has 102 valence electrons. The second kappa shape index (κ2) is 5.95. The first kappa shape index (κ1) is 13.7. The van der Waals surface area contributed by atoms with Crippen LogP contribution in [0, 0.1) is 0 Å². The number of Topliss-reactive ketones (excluding diaryl/α,β-unsaturated/α-hetero) is 1. The van der Waals surface area contributed by atoms with Crippen molar-refractivity contribution in [2.75, 3.05) is 7.11 Å². The molecule has 1 aromatic carbocycles. The van der Waals surface area contributed by atoms with Gasteiger partial charge in [-0.05, 0) is 19.1 Å². The molecule has 3 atom stereocenters. The summed E-state index contributed by atoms with van der Waals surface area (Å²) in [7, 11) is 1.47. The minimum atomic E-state index is -0.876. The SMILES string of the molecule is CO[C@@H]1CC(=O)[C@H](OC(=O)c2ccccc2)[C@@H](C)O1. The molecule has 0 radical (unpaired) electrons. The third-order valence-corrected chi connectivity index (χ3v) is 2.98. The smallest absolute Gasteiger partial charge is 0.338 e. The van der Waals surface area contributed by atoms with Crippen LogP contribution < -0.4 is 0 Å². The highest BCUT2D eigenvalue weighted by Gasteiger charge is 2.38. The monoisotopic (exact) mass is 264 g/mol. The maximum absolute atomic E-state index is 11.9. The van der Waals surface area contributed by atoms with Crippen LogP contribution in [0.5, 0.6) is 0 Å². The fraction of sp³-hybridized carbons (Fsp3) is 0.429. The first-order valence-electron chi connectivity index (χ1n) is 6.09. The van der Waals surface area contributed by atoms with Crippen molar-refractivity contribution in [3.63, 3.8) is 0 Å². The van der Waals surface area contributed by atoms with Crippen LogP contribution in [0.1, 0.15) is 23.7 Å². The lowest BCUT2D eigenvalue weighted by Crippen LogP contribution is -2.47. The molecule has 19 heavy (non-hydrogen) atoms. The molecule has 0 N–H and O–H groups in total. The minimum absolute atomic E-state index is 0.0908. The van der Waals surface area contributed by atoms with Crippen molar-refractivity contribution in [1.29, 1.82) is 0 Å². The number of hydrogen-bond acceptors (Lipinski definition) is 5. The molecule has 1 fully saturated rings. The second-order valence-corrected chi connectivity index (χ2v) is 4.37. The van der Waals surface area contributed by atoms with Crippen LogP contribution in [0.15, 0.2) is 30.3 Å². The van der Waals surface area contributed by atoms with E-state index < -0.39 is 24.5 Å². The summed E-state index contributed by atoms with van der Waals surface area (Å²) in [6, 6.07) is 8.55. The molecule has 1 aliphatic rings. The van der Waals surface area contributed by atoms with Gasteiger partial charge in [0.15, 0.2) is 18.2 Å². The number of benzene rings is 1. The van der Waals surface area contributed by atoms with E-state index in [-0.39, 0.29) is 12.2 Å². The highest BCUT2D eigenvalue weighted by atomic mass is 16.7. The number of ketones is 1. The summed E-state index contributed by atoms with van der Waals surface area (Å²) in [5, 5.41) is 0. The normalized spacial score (nSPS) is 27.1. The average molecular weight is 264 g/mol. The van der Waals surface area contributed by atoms with E-state index >= 15 is 0 Å². The van der Waals surface area contributed by atoms with E-state index in [4.69, 9.17) is 14.2 Å². The number of esters is 1. The van der Waals surface area contributed by atoms with Crippen molar-refractivity contribution in [2.24, 2.45) is 0 Å². The Morgan fingerprint density at radius 1 is 1.32 bits per heavy atom. The van der Waals surface area contributed by atoms with Crippen LogP contribution in [0.4, 0.5) is 0 Å². The summed E-state index contributed by atoms with van der Waals surface area (Å²) >= 11 is 0. The Bertz CT molecular complexity index is 456. The number of carbonyl (C=O) groups excluding carboxylic acids is 2. The van der Waals surface area contributed by atoms with Gasteiger partial charge in [-0.25, -0.2) is 4.79 Å². The van der Waals surface area contributed by atoms with Gasteiger partial charge < -0.3 is 14.2 Å². The van der Waals surface area contributed by atoms with E-state index in [0.717, 1.165) is 0 Å². The zero-order valence-electron chi connectivity index (χ0n) is 10.9. The highest BCUT2D eigenvalue weighted by molar-refractivity contribution is 5.93. The van der Waals surface area contributed by atoms with Crippen molar-refractivity contribution in [3.05, 3.63) is 35.9 Å². The molecule has 0 amide bonds. The Morgan fingerprint density at radius 3 is 2.58 bits per heavy atom. The summed E-state index contributed by atoms with van der Waals surface area (Å²) in [6.07, 6.45) is -1.86. The second-order valence-electron chi connectivity index (χ2n) is 4.37. The summed E-state index contributed by atoms with van der Waals surface area (Å²) in [4.78, 5) is 23.8. The van der Waals surface area contributed by atoms with Crippen molar-refractivity contribution in [3.8, 4) is 0 Å². The van der Waals surface area contributed by atoms with Crippen molar-refractivity contribution in [1.82, 2.24) is 0 Å². The van der Waals surface area contributed by atoms with Gasteiger partial charge in [0.2, 0.25) is 0 Å². The van der Waals surface area contributed by atoms with E-state index in [1.807, 2.05) is 0 Å². The van der Waals surface area contributed by atoms with Gasteiger partial charge in [-0.15, -0.1) is 0 Å². The Hall–Kier alpha value is -1.72. The van der Waals surface area contributed by atoms with E-state index in [2.05, 4.69) is 0 Å². The fourth-order valence-corrected chi connectivity index (χ4v) is 1.96. The van der Waals surface area contributed by atoms with Crippen molar-refractivity contribution >= 4 is 11.8 Å². The largest absolute Gasteiger partial charge is 0.448 e. The lowest BCUT2D eigenvalue weighted by Gasteiger charge is -2.32. The topological polar surface area (TPSA) is 61.8 Å². The molecule has 0 aliphatic carbocycles. The Labute approximate surface area is 111 Å². The molecule has 0 aromatic heterocycles. The first-order chi connectivity index (χ1) is 9.11. The van der Waals surface area contributed by atoms with Crippen molar-refractivity contribution in [2.45, 2.75) is 31.8 Å². The van der Waals surface area contributed by atoms with Crippen LogP contribution in [-0.2, 0) is 19.0 Å². The van der Waals surface area contributed by atoms with Crippen LogP contribution in [-0.4, -0.2) is 37.4 Å². The molecular weight excluding hydrogens is 248 g/mol. The molecule has 0 unspecified atom stereocenters. The van der Waals surface area contributed by atoms with Gasteiger partial charge in [0.1, 0.15) is 6.10 Å². The van der Waals surface area contributed by atoms with Gasteiger partial charge in [-0.3, -0.25) is 4.79 Å². The van der Waals surface area contributed by atoms with Crippen LogP contribution in [0.3, 0.4) is 0 Å². The number of carbonyl (C=O) groups is 2. The van der Waals surface area contributed by atoms with E-state index in [9.17, 15) is 9.59 Å². The number of rotatable bonds is 3. The molecule has 5 heteroatoms. The summed E-state index contributed by atoms with van der Waals surface area (Å²) in [6.45, 7) is 1.69. The van der Waals surface area contributed by atoms with E-state index in [0.29, 0.717) is 5.56 Å². The molecule has 1 heterocycles. The number of methoxy groups -OCH3 is 1. The molecule has 1 aromatic rings. The predicted molar refractivity (Wildman–Crippen MR) is 66.6 cm³/mol. The fourth-order valence-electron chi connectivity index (χ4n) is 1.96. The Kier molecular flexibility index (Phi) is 4.29.